The van der Waals surface area contributed by atoms with Gasteiger partial charge in [0.05, 0.1) is 33.2 Å². The summed E-state index contributed by atoms with van der Waals surface area (Å²) in [6.45, 7) is 6.91. The van der Waals surface area contributed by atoms with Crippen LogP contribution >= 0.6 is 0 Å². The molecule has 0 saturated carbocycles. The third-order valence-electron chi connectivity index (χ3n) is 3.88. The maximum Gasteiger partial charge on any atom is 0.222 e. The molecule has 1 aromatic rings. The Balaban J connectivity index is 0.00000180. The molecule has 0 aromatic heterocycles. The van der Waals surface area contributed by atoms with Gasteiger partial charge in [-0.25, -0.2) is 0 Å². The molecule has 0 spiro atoms. The molecule has 0 radical (unpaired) electrons. The van der Waals surface area contributed by atoms with Gasteiger partial charge in [-0.15, -0.1) is 0 Å². The molecule has 1 aromatic carbocycles. The topological polar surface area (TPSA) is 20.3 Å². The highest BCUT2D eigenvalue weighted by Crippen LogP contribution is 2.16. The summed E-state index contributed by atoms with van der Waals surface area (Å²) >= 11 is 0. The molecule has 1 heterocycles. The molecule has 1 saturated heterocycles. The molecule has 106 valence electrons. The van der Waals surface area contributed by atoms with Crippen LogP contribution in [0.1, 0.15) is 18.9 Å². The zero-order chi connectivity index (χ0) is 13.0. The quantitative estimate of drug-likeness (QED) is 0.645. The summed E-state index contributed by atoms with van der Waals surface area (Å²) in [7, 11) is 2.29. The minimum absolute atomic E-state index is 0. The van der Waals surface area contributed by atoms with Crippen LogP contribution in [0.4, 0.5) is 0 Å². The normalized spacial score (nSPS) is 17.7. The van der Waals surface area contributed by atoms with Gasteiger partial charge in [0.15, 0.2) is 0 Å². The Morgan fingerprint density at radius 2 is 1.79 bits per heavy atom. The smallest absolute Gasteiger partial charge is 0.222 e. The Hall–Kier alpha value is -0.870. The minimum Gasteiger partial charge on any atom is -1.00 e. The summed E-state index contributed by atoms with van der Waals surface area (Å²) in [4.78, 5) is 13.7. The van der Waals surface area contributed by atoms with Crippen molar-refractivity contribution in [2.24, 2.45) is 0 Å². The number of halogens is 1. The van der Waals surface area contributed by atoms with E-state index in [0.717, 1.165) is 37.2 Å². The number of carbonyl (C=O) groups is 1. The fraction of sp³-hybridized carbons (Fsp3) is 0.533. The highest BCUT2D eigenvalue weighted by atomic mass is 79.9. The van der Waals surface area contributed by atoms with Crippen molar-refractivity contribution in [1.29, 1.82) is 0 Å². The van der Waals surface area contributed by atoms with Crippen LogP contribution in [0.25, 0.3) is 0 Å². The lowest BCUT2D eigenvalue weighted by Gasteiger charge is -2.42. The van der Waals surface area contributed by atoms with Gasteiger partial charge in [-0.3, -0.25) is 4.79 Å². The van der Waals surface area contributed by atoms with Gasteiger partial charge in [-0.2, -0.15) is 0 Å². The molecule has 0 bridgehead atoms. The molecule has 0 aliphatic carbocycles. The summed E-state index contributed by atoms with van der Waals surface area (Å²) in [5.41, 5.74) is 1.38. The van der Waals surface area contributed by atoms with Crippen LogP contribution < -0.4 is 17.0 Å². The molecule has 3 nitrogen and oxygen atoms in total. The molecule has 1 aliphatic rings. The molecule has 0 unspecified atom stereocenters. The molecular formula is C15H23BrN2O. The maximum absolute atomic E-state index is 11.7. The van der Waals surface area contributed by atoms with Crippen LogP contribution in [0.3, 0.4) is 0 Å². The van der Waals surface area contributed by atoms with Crippen molar-refractivity contribution < 1.29 is 26.3 Å². The Bertz CT molecular complexity index is 400. The van der Waals surface area contributed by atoms with E-state index in [1.807, 2.05) is 11.8 Å². The van der Waals surface area contributed by atoms with E-state index in [-0.39, 0.29) is 17.0 Å². The minimum atomic E-state index is 0. The van der Waals surface area contributed by atoms with Crippen LogP contribution in [-0.2, 0) is 11.3 Å². The molecule has 1 fully saturated rings. The summed E-state index contributed by atoms with van der Waals surface area (Å²) in [6, 6.07) is 10.6. The van der Waals surface area contributed by atoms with E-state index in [0.29, 0.717) is 12.3 Å². The van der Waals surface area contributed by atoms with Crippen molar-refractivity contribution in [2.75, 3.05) is 33.2 Å². The predicted molar refractivity (Wildman–Crippen MR) is 72.9 cm³/mol. The van der Waals surface area contributed by atoms with Crippen molar-refractivity contribution in [1.82, 2.24) is 4.90 Å². The van der Waals surface area contributed by atoms with Gasteiger partial charge >= 0.3 is 0 Å². The number of carbonyl (C=O) groups excluding carboxylic acids is 1. The lowest BCUT2D eigenvalue weighted by molar-refractivity contribution is -0.926. The number of quaternary nitrogens is 1. The fourth-order valence-corrected chi connectivity index (χ4v) is 2.60. The number of rotatable bonds is 3. The second-order valence-electron chi connectivity index (χ2n) is 5.44. The highest BCUT2D eigenvalue weighted by Gasteiger charge is 2.30. The first-order valence-corrected chi connectivity index (χ1v) is 6.78. The van der Waals surface area contributed by atoms with Crippen LogP contribution in [-0.4, -0.2) is 48.5 Å². The standard InChI is InChI=1S/C15H23N2O.BrH/c1-3-15(18)16-9-11-17(2,12-10-16)13-14-7-5-4-6-8-14;/h4-8H,3,9-13H2,1-2H3;1H/q+1;/p-1. The number of likely N-dealkylation sites (N-methyl/N-ethyl adjacent to an activating group) is 1. The van der Waals surface area contributed by atoms with E-state index < -0.39 is 0 Å². The SMILES string of the molecule is CCC(=O)N1CC[N+](C)(Cc2ccccc2)CC1.[Br-]. The average Bonchev–Trinajstić information content (AvgIpc) is 2.39. The molecule has 4 heteroatoms. The second-order valence-corrected chi connectivity index (χ2v) is 5.44. The number of hydrogen-bond donors (Lipinski definition) is 0. The molecule has 2 rings (SSSR count). The van der Waals surface area contributed by atoms with Crippen LogP contribution in [0, 0.1) is 0 Å². The van der Waals surface area contributed by atoms with Crippen molar-refractivity contribution in [2.45, 2.75) is 19.9 Å². The Morgan fingerprint density at radius 1 is 1.21 bits per heavy atom. The van der Waals surface area contributed by atoms with E-state index in [1.54, 1.807) is 0 Å². The lowest BCUT2D eigenvalue weighted by atomic mass is 10.1. The molecule has 19 heavy (non-hydrogen) atoms. The maximum atomic E-state index is 11.7. The Morgan fingerprint density at radius 3 is 2.32 bits per heavy atom. The first kappa shape index (κ1) is 16.2. The van der Waals surface area contributed by atoms with Crippen molar-refractivity contribution in [3.63, 3.8) is 0 Å². The summed E-state index contributed by atoms with van der Waals surface area (Å²) < 4.78 is 1.04. The first-order chi connectivity index (χ1) is 8.63. The van der Waals surface area contributed by atoms with E-state index in [2.05, 4.69) is 37.4 Å². The Kier molecular flexibility index (Phi) is 6.01. The van der Waals surface area contributed by atoms with Gasteiger partial charge in [0, 0.05) is 12.0 Å². The van der Waals surface area contributed by atoms with Gasteiger partial charge in [0.2, 0.25) is 5.91 Å². The third kappa shape index (κ3) is 4.32. The number of benzene rings is 1. The van der Waals surface area contributed by atoms with Crippen LogP contribution in [0.5, 0.6) is 0 Å². The lowest BCUT2D eigenvalue weighted by Crippen LogP contribution is -3.00. The fourth-order valence-electron chi connectivity index (χ4n) is 2.60. The largest absolute Gasteiger partial charge is 1.00 e. The molecule has 1 aliphatic heterocycles. The Labute approximate surface area is 126 Å². The number of hydrogen-bond acceptors (Lipinski definition) is 1. The highest BCUT2D eigenvalue weighted by molar-refractivity contribution is 5.75. The van der Waals surface area contributed by atoms with E-state index >= 15 is 0 Å². The summed E-state index contributed by atoms with van der Waals surface area (Å²) in [5, 5.41) is 0. The molecule has 1 amide bonds. The first-order valence-electron chi connectivity index (χ1n) is 6.78. The van der Waals surface area contributed by atoms with Crippen molar-refractivity contribution >= 4 is 5.91 Å². The van der Waals surface area contributed by atoms with Crippen molar-refractivity contribution in [3.8, 4) is 0 Å². The average molecular weight is 327 g/mol. The molecule has 0 N–H and O–H groups in total. The van der Waals surface area contributed by atoms with Gasteiger partial charge in [0.25, 0.3) is 0 Å². The molecular weight excluding hydrogens is 304 g/mol. The third-order valence-corrected chi connectivity index (χ3v) is 3.88. The summed E-state index contributed by atoms with van der Waals surface area (Å²) in [6.07, 6.45) is 0.627. The van der Waals surface area contributed by atoms with Crippen molar-refractivity contribution in [3.05, 3.63) is 35.9 Å². The van der Waals surface area contributed by atoms with E-state index in [9.17, 15) is 4.79 Å². The van der Waals surface area contributed by atoms with Gasteiger partial charge < -0.3 is 26.4 Å². The van der Waals surface area contributed by atoms with E-state index in [4.69, 9.17) is 0 Å². The number of nitrogens with zero attached hydrogens (tertiary/aromatic N) is 2. The van der Waals surface area contributed by atoms with Crippen LogP contribution in [0.2, 0.25) is 0 Å². The van der Waals surface area contributed by atoms with Gasteiger partial charge in [-0.1, -0.05) is 37.3 Å². The molecule has 0 atom stereocenters. The zero-order valence-corrected chi connectivity index (χ0v) is 13.4. The zero-order valence-electron chi connectivity index (χ0n) is 11.8. The second kappa shape index (κ2) is 7.06. The van der Waals surface area contributed by atoms with Gasteiger partial charge in [-0.05, 0) is 0 Å². The van der Waals surface area contributed by atoms with Crippen LogP contribution in [0.15, 0.2) is 30.3 Å². The number of piperazine rings is 1. The predicted octanol–water partition coefficient (Wildman–Crippen LogP) is -1.11. The van der Waals surface area contributed by atoms with Gasteiger partial charge in [0.1, 0.15) is 6.54 Å². The number of amides is 1. The monoisotopic (exact) mass is 326 g/mol. The summed E-state index contributed by atoms with van der Waals surface area (Å²) in [5.74, 6) is 0.293. The van der Waals surface area contributed by atoms with E-state index in [1.165, 1.54) is 5.56 Å².